The van der Waals surface area contributed by atoms with Crippen molar-refractivity contribution in [3.05, 3.63) is 97.2 Å². The second-order valence-electron chi connectivity index (χ2n) is 18.1. The average Bonchev–Trinajstić information content (AvgIpc) is 3.35. The van der Waals surface area contributed by atoms with Crippen LogP contribution in [0.15, 0.2) is 97.2 Å². The maximum atomic E-state index is 13.1. The molecule has 0 aliphatic carbocycles. The molecule has 1 heterocycles. The highest BCUT2D eigenvalue weighted by Gasteiger charge is 2.50. The summed E-state index contributed by atoms with van der Waals surface area (Å²) in [5.74, 6) is -3.33. The van der Waals surface area contributed by atoms with Crippen molar-refractivity contribution in [2.45, 2.75) is 237 Å². The van der Waals surface area contributed by atoms with E-state index in [-0.39, 0.29) is 25.9 Å². The van der Waals surface area contributed by atoms with Crippen LogP contribution in [0.4, 0.5) is 0 Å². The molecule has 1 rings (SSSR count). The van der Waals surface area contributed by atoms with Crippen LogP contribution in [-0.4, -0.2) is 89.2 Å². The Morgan fingerprint density at radius 2 is 0.930 bits per heavy atom. The molecule has 12 heteroatoms. The minimum atomic E-state index is -1.93. The van der Waals surface area contributed by atoms with Crippen LogP contribution in [0.3, 0.4) is 0 Å². The van der Waals surface area contributed by atoms with Gasteiger partial charge in [-0.15, -0.1) is 0 Å². The van der Waals surface area contributed by atoms with E-state index in [4.69, 9.17) is 23.7 Å². The van der Waals surface area contributed by atoms with Gasteiger partial charge in [-0.25, -0.2) is 4.79 Å². The van der Waals surface area contributed by atoms with Gasteiger partial charge in [0.25, 0.3) is 0 Å². The fourth-order valence-corrected chi connectivity index (χ4v) is 7.57. The fourth-order valence-electron chi connectivity index (χ4n) is 7.57. The number of allylic oxidation sites excluding steroid dienone is 15. The zero-order valence-corrected chi connectivity index (χ0v) is 43.9. The van der Waals surface area contributed by atoms with E-state index < -0.39 is 67.3 Å². The highest BCUT2D eigenvalue weighted by Crippen LogP contribution is 2.26. The summed E-state index contributed by atoms with van der Waals surface area (Å²) < 4.78 is 28.2. The number of carboxylic acids is 1. The van der Waals surface area contributed by atoms with Crippen LogP contribution >= 0.6 is 0 Å². The number of hydrogen-bond acceptors (Lipinski definition) is 11. The SMILES string of the molecule is CC/C=C\C/C=C\C/C=C\C/C=C\C/C=C\CC(=O)OCC(COC1OC(C(=O)O)C(O)C(O)C1OC(=O)CCCCC/C=C\C/C=C\C/C=C\CC)OC(=O)CCCCCCCCCCCCCCC. The molecule has 0 aromatic carbocycles. The molecule has 3 N–H and O–H groups in total. The van der Waals surface area contributed by atoms with Crippen LogP contribution in [0.25, 0.3) is 0 Å². The molecule has 0 aromatic rings. The van der Waals surface area contributed by atoms with Crippen molar-refractivity contribution < 1.29 is 58.2 Å². The summed E-state index contributed by atoms with van der Waals surface area (Å²) in [6, 6.07) is 0. The van der Waals surface area contributed by atoms with Crippen molar-refractivity contribution in [2.75, 3.05) is 13.2 Å². The van der Waals surface area contributed by atoms with E-state index in [1.54, 1.807) is 6.08 Å². The van der Waals surface area contributed by atoms with Crippen LogP contribution in [0.5, 0.6) is 0 Å². The van der Waals surface area contributed by atoms with Gasteiger partial charge in [-0.3, -0.25) is 14.4 Å². The molecule has 1 fully saturated rings. The lowest BCUT2D eigenvalue weighted by molar-refractivity contribution is -0.301. The van der Waals surface area contributed by atoms with Gasteiger partial charge in [0.15, 0.2) is 24.6 Å². The van der Waals surface area contributed by atoms with Gasteiger partial charge < -0.3 is 39.0 Å². The van der Waals surface area contributed by atoms with Crippen molar-refractivity contribution in [1.82, 2.24) is 0 Å². The van der Waals surface area contributed by atoms with E-state index in [0.29, 0.717) is 19.3 Å². The Morgan fingerprint density at radius 3 is 1.42 bits per heavy atom. The molecule has 12 nitrogen and oxygen atoms in total. The Kier molecular flexibility index (Phi) is 42.5. The Balaban J connectivity index is 2.80. The second kappa shape index (κ2) is 46.7. The highest BCUT2D eigenvalue weighted by atomic mass is 16.7. The van der Waals surface area contributed by atoms with Crippen molar-refractivity contribution in [1.29, 1.82) is 0 Å². The van der Waals surface area contributed by atoms with E-state index in [0.717, 1.165) is 83.5 Å². The molecular formula is C59H94O12. The number of hydrogen-bond donors (Lipinski definition) is 3. The first kappa shape index (κ1) is 64.7. The third-order valence-electron chi connectivity index (χ3n) is 11.7. The largest absolute Gasteiger partial charge is 0.479 e. The minimum Gasteiger partial charge on any atom is -0.479 e. The van der Waals surface area contributed by atoms with Crippen LogP contribution in [0.1, 0.15) is 201 Å². The highest BCUT2D eigenvalue weighted by molar-refractivity contribution is 5.74. The van der Waals surface area contributed by atoms with Gasteiger partial charge in [-0.1, -0.05) is 201 Å². The van der Waals surface area contributed by atoms with Crippen molar-refractivity contribution in [3.8, 4) is 0 Å². The Labute approximate surface area is 428 Å². The summed E-state index contributed by atoms with van der Waals surface area (Å²) >= 11 is 0. The minimum absolute atomic E-state index is 0.0133. The lowest BCUT2D eigenvalue weighted by atomic mass is 9.98. The topological polar surface area (TPSA) is 175 Å². The molecule has 0 amide bonds. The number of carboxylic acid groups (broad SMARTS) is 1. The number of rotatable bonds is 44. The summed E-state index contributed by atoms with van der Waals surface area (Å²) in [4.78, 5) is 50.9. The van der Waals surface area contributed by atoms with Crippen LogP contribution in [0.2, 0.25) is 0 Å². The zero-order chi connectivity index (χ0) is 51.8. The Morgan fingerprint density at radius 1 is 0.493 bits per heavy atom. The van der Waals surface area contributed by atoms with Crippen molar-refractivity contribution in [3.63, 3.8) is 0 Å². The van der Waals surface area contributed by atoms with Gasteiger partial charge in [-0.05, 0) is 77.0 Å². The van der Waals surface area contributed by atoms with E-state index in [2.05, 4.69) is 99.8 Å². The second-order valence-corrected chi connectivity index (χ2v) is 18.1. The van der Waals surface area contributed by atoms with Gasteiger partial charge in [0.05, 0.1) is 13.0 Å². The number of carbonyl (C=O) groups is 4. The molecule has 402 valence electrons. The van der Waals surface area contributed by atoms with E-state index in [1.807, 2.05) is 12.2 Å². The molecule has 0 bridgehead atoms. The first-order chi connectivity index (χ1) is 34.6. The van der Waals surface area contributed by atoms with E-state index >= 15 is 0 Å². The maximum absolute atomic E-state index is 13.1. The van der Waals surface area contributed by atoms with Gasteiger partial charge in [0.1, 0.15) is 18.8 Å². The lowest BCUT2D eigenvalue weighted by Crippen LogP contribution is -2.61. The van der Waals surface area contributed by atoms with Crippen molar-refractivity contribution in [2.24, 2.45) is 0 Å². The standard InChI is InChI=1S/C59H94O12/c1-4-7-10-13-16-19-22-25-26-29-30-33-36-39-42-45-51(60)67-48-50(69-52(61)46-43-40-37-34-31-27-23-20-17-14-11-8-5-2)49-68-59-57(55(64)54(63)56(71-59)58(65)66)70-53(62)47-44-41-38-35-32-28-24-21-18-15-12-9-6-3/h7,9-10,12,16,18-19,21,25-26,28,30,32-33,39,42,50,54-57,59,63-64H,4-6,8,11,13-15,17,20,22-24,27,29,31,34-38,40-41,43-49H2,1-3H3,(H,65,66)/b10-7-,12-9-,19-16-,21-18-,26-25-,32-28-,33-30-,42-39-. The number of unbranched alkanes of at least 4 members (excludes halogenated alkanes) is 15. The number of carbonyl (C=O) groups excluding carboxylic acids is 3. The third kappa shape index (κ3) is 37.1. The summed E-state index contributed by atoms with van der Waals surface area (Å²) in [5.41, 5.74) is 0. The monoisotopic (exact) mass is 995 g/mol. The third-order valence-corrected chi connectivity index (χ3v) is 11.7. The van der Waals surface area contributed by atoms with E-state index in [9.17, 15) is 34.5 Å². The zero-order valence-electron chi connectivity index (χ0n) is 43.9. The summed E-state index contributed by atoms with van der Waals surface area (Å²) in [5, 5.41) is 31.4. The van der Waals surface area contributed by atoms with Crippen LogP contribution in [-0.2, 0) is 42.9 Å². The van der Waals surface area contributed by atoms with E-state index in [1.165, 1.54) is 57.8 Å². The number of aliphatic hydroxyl groups excluding tert-OH is 2. The van der Waals surface area contributed by atoms with Gasteiger partial charge >= 0.3 is 23.9 Å². The molecule has 1 aliphatic heterocycles. The summed E-state index contributed by atoms with van der Waals surface area (Å²) in [7, 11) is 0. The molecule has 0 spiro atoms. The number of esters is 3. The number of aliphatic carboxylic acids is 1. The molecule has 0 radical (unpaired) electrons. The van der Waals surface area contributed by atoms with Crippen LogP contribution in [0, 0.1) is 0 Å². The number of aliphatic hydroxyl groups is 2. The molecule has 71 heavy (non-hydrogen) atoms. The van der Waals surface area contributed by atoms with Gasteiger partial charge in [-0.2, -0.15) is 0 Å². The average molecular weight is 995 g/mol. The predicted molar refractivity (Wildman–Crippen MR) is 284 cm³/mol. The molecule has 6 unspecified atom stereocenters. The first-order valence-corrected chi connectivity index (χ1v) is 27.2. The van der Waals surface area contributed by atoms with Crippen LogP contribution < -0.4 is 0 Å². The molecule has 1 aliphatic rings. The Bertz CT molecular complexity index is 1610. The number of ether oxygens (including phenoxy) is 5. The van der Waals surface area contributed by atoms with Gasteiger partial charge in [0.2, 0.25) is 0 Å². The Hall–Kier alpha value is -4.36. The van der Waals surface area contributed by atoms with Crippen molar-refractivity contribution >= 4 is 23.9 Å². The normalized spacial score (nSPS) is 19.3. The molecule has 0 aromatic heterocycles. The fraction of sp³-hybridized carbons (Fsp3) is 0.661. The molecule has 1 saturated heterocycles. The lowest BCUT2D eigenvalue weighted by Gasteiger charge is -2.40. The molecule has 0 saturated carbocycles. The first-order valence-electron chi connectivity index (χ1n) is 27.2. The smallest absolute Gasteiger partial charge is 0.335 e. The van der Waals surface area contributed by atoms with Gasteiger partial charge in [0, 0.05) is 12.8 Å². The molecular weight excluding hydrogens is 901 g/mol. The molecule has 6 atom stereocenters. The quantitative estimate of drug-likeness (QED) is 0.0228. The summed E-state index contributed by atoms with van der Waals surface area (Å²) in [6.07, 6.45) is 48.5. The summed E-state index contributed by atoms with van der Waals surface area (Å²) in [6.45, 7) is 5.63. The predicted octanol–water partition coefficient (Wildman–Crippen LogP) is 13.3. The maximum Gasteiger partial charge on any atom is 0.335 e.